The number of carbonyl (C=O) groups excluding carboxylic acids is 1. The van der Waals surface area contributed by atoms with Crippen LogP contribution in [0.2, 0.25) is 0 Å². The number of carbonyl (C=O) groups is 1. The molecule has 1 aliphatic heterocycles. The highest BCUT2D eigenvalue weighted by Gasteiger charge is 2.24. The third-order valence-corrected chi connectivity index (χ3v) is 4.18. The summed E-state index contributed by atoms with van der Waals surface area (Å²) >= 11 is 0. The van der Waals surface area contributed by atoms with Crippen molar-refractivity contribution in [2.45, 2.75) is 12.6 Å². The molecule has 1 unspecified atom stereocenters. The van der Waals surface area contributed by atoms with Crippen LogP contribution in [0, 0.1) is 5.82 Å². The van der Waals surface area contributed by atoms with Crippen LogP contribution < -0.4 is 11.1 Å². The predicted molar refractivity (Wildman–Crippen MR) is 94.6 cm³/mol. The van der Waals surface area contributed by atoms with Gasteiger partial charge in [0.1, 0.15) is 5.82 Å². The summed E-state index contributed by atoms with van der Waals surface area (Å²) in [6.07, 6.45) is 0. The number of benzene rings is 2. The molecule has 6 heteroatoms. The van der Waals surface area contributed by atoms with Crippen LogP contribution in [0.3, 0.4) is 0 Å². The summed E-state index contributed by atoms with van der Waals surface area (Å²) in [6, 6.07) is 14.2. The van der Waals surface area contributed by atoms with Crippen LogP contribution in [0.5, 0.6) is 0 Å². The van der Waals surface area contributed by atoms with E-state index in [1.807, 2.05) is 24.3 Å². The Morgan fingerprint density at radius 3 is 2.79 bits per heavy atom. The number of primary amides is 1. The number of halogens is 2. The maximum atomic E-state index is 13.5. The fourth-order valence-corrected chi connectivity index (χ4v) is 3.04. The maximum Gasteiger partial charge on any atom is 0.248 e. The molecule has 2 aromatic rings. The highest BCUT2D eigenvalue weighted by atomic mass is 35.5. The largest absolute Gasteiger partial charge is 0.366 e. The van der Waals surface area contributed by atoms with Crippen LogP contribution in [-0.4, -0.2) is 30.4 Å². The molecular weight excluding hydrogens is 329 g/mol. The normalized spacial score (nSPS) is 18.0. The summed E-state index contributed by atoms with van der Waals surface area (Å²) in [7, 11) is 0. The van der Waals surface area contributed by atoms with Gasteiger partial charge in [-0.1, -0.05) is 24.3 Å². The third kappa shape index (κ3) is 4.32. The number of rotatable bonds is 4. The molecule has 4 nitrogen and oxygen atoms in total. The Morgan fingerprint density at radius 1 is 1.25 bits per heavy atom. The first kappa shape index (κ1) is 18.4. The monoisotopic (exact) mass is 349 g/mol. The van der Waals surface area contributed by atoms with E-state index in [-0.39, 0.29) is 24.3 Å². The van der Waals surface area contributed by atoms with Gasteiger partial charge in [-0.05, 0) is 35.4 Å². The first-order valence-corrected chi connectivity index (χ1v) is 7.72. The van der Waals surface area contributed by atoms with E-state index in [0.717, 1.165) is 30.8 Å². The fourth-order valence-electron chi connectivity index (χ4n) is 3.04. The average Bonchev–Trinajstić information content (AvgIpc) is 2.55. The lowest BCUT2D eigenvalue weighted by Gasteiger charge is -2.36. The van der Waals surface area contributed by atoms with Crippen molar-refractivity contribution >= 4 is 18.3 Å². The second kappa shape index (κ2) is 8.24. The number of amides is 1. The molecule has 0 aromatic heterocycles. The number of piperazine rings is 1. The molecule has 3 N–H and O–H groups in total. The molecule has 1 heterocycles. The molecule has 24 heavy (non-hydrogen) atoms. The zero-order valence-corrected chi connectivity index (χ0v) is 14.1. The van der Waals surface area contributed by atoms with Crippen molar-refractivity contribution in [2.24, 2.45) is 5.73 Å². The van der Waals surface area contributed by atoms with E-state index in [2.05, 4.69) is 10.2 Å². The lowest BCUT2D eigenvalue weighted by Crippen LogP contribution is -2.45. The van der Waals surface area contributed by atoms with E-state index in [4.69, 9.17) is 5.73 Å². The molecule has 0 bridgehead atoms. The quantitative estimate of drug-likeness (QED) is 0.891. The summed E-state index contributed by atoms with van der Waals surface area (Å²) in [4.78, 5) is 13.6. The van der Waals surface area contributed by atoms with Crippen LogP contribution >= 0.6 is 12.4 Å². The molecule has 128 valence electrons. The number of nitrogens with two attached hydrogens (primary N) is 1. The second-order valence-corrected chi connectivity index (χ2v) is 5.81. The summed E-state index contributed by atoms with van der Waals surface area (Å²) in [5.74, 6) is -0.641. The minimum absolute atomic E-state index is 0. The van der Waals surface area contributed by atoms with Crippen LogP contribution in [0.25, 0.3) is 0 Å². The van der Waals surface area contributed by atoms with Crippen LogP contribution in [0.15, 0.2) is 48.5 Å². The zero-order valence-electron chi connectivity index (χ0n) is 13.2. The van der Waals surface area contributed by atoms with Gasteiger partial charge in [0.25, 0.3) is 0 Å². The third-order valence-electron chi connectivity index (χ3n) is 4.18. The molecule has 1 aliphatic rings. The van der Waals surface area contributed by atoms with Crippen molar-refractivity contribution in [3.05, 3.63) is 71.0 Å². The summed E-state index contributed by atoms with van der Waals surface area (Å²) in [5, 5.41) is 3.36. The molecule has 0 aliphatic carbocycles. The zero-order chi connectivity index (χ0) is 16.2. The number of nitrogens with one attached hydrogen (secondary N) is 1. The number of nitrogens with zero attached hydrogens (tertiary/aromatic N) is 1. The molecule has 1 fully saturated rings. The van der Waals surface area contributed by atoms with Crippen molar-refractivity contribution in [2.75, 3.05) is 19.6 Å². The van der Waals surface area contributed by atoms with Gasteiger partial charge in [0.2, 0.25) is 5.91 Å². The topological polar surface area (TPSA) is 58.4 Å². The van der Waals surface area contributed by atoms with E-state index >= 15 is 0 Å². The van der Waals surface area contributed by atoms with Gasteiger partial charge in [0.05, 0.1) is 0 Å². The minimum Gasteiger partial charge on any atom is -0.366 e. The van der Waals surface area contributed by atoms with Crippen molar-refractivity contribution in [1.82, 2.24) is 10.2 Å². The van der Waals surface area contributed by atoms with Crippen molar-refractivity contribution in [3.8, 4) is 0 Å². The first-order chi connectivity index (χ1) is 11.1. The molecule has 1 amide bonds. The molecule has 1 atom stereocenters. The van der Waals surface area contributed by atoms with Crippen molar-refractivity contribution < 1.29 is 9.18 Å². The van der Waals surface area contributed by atoms with Crippen LogP contribution in [0.1, 0.15) is 27.5 Å². The molecule has 0 radical (unpaired) electrons. The maximum absolute atomic E-state index is 13.5. The number of hydrogen-bond donors (Lipinski definition) is 2. The Kier molecular flexibility index (Phi) is 6.31. The highest BCUT2D eigenvalue weighted by molar-refractivity contribution is 5.92. The first-order valence-electron chi connectivity index (χ1n) is 7.72. The van der Waals surface area contributed by atoms with Gasteiger partial charge >= 0.3 is 0 Å². The molecule has 0 saturated carbocycles. The van der Waals surface area contributed by atoms with Gasteiger partial charge in [-0.3, -0.25) is 9.69 Å². The van der Waals surface area contributed by atoms with Gasteiger partial charge in [-0.25, -0.2) is 4.39 Å². The summed E-state index contributed by atoms with van der Waals surface area (Å²) < 4.78 is 13.5. The Bertz CT molecular complexity index is 710. The van der Waals surface area contributed by atoms with Gasteiger partial charge in [-0.2, -0.15) is 0 Å². The van der Waals surface area contributed by atoms with E-state index in [1.54, 1.807) is 18.2 Å². The van der Waals surface area contributed by atoms with E-state index < -0.39 is 5.91 Å². The molecule has 1 saturated heterocycles. The standard InChI is InChI=1S/C18H20FN3O.ClH/c19-16-6-2-4-14(10-16)17-11-21-7-8-22(17)12-13-3-1-5-15(9-13)18(20)23;/h1-6,9-10,17,21H,7-8,11-12H2,(H2,20,23);1H. The smallest absolute Gasteiger partial charge is 0.248 e. The fraction of sp³-hybridized carbons (Fsp3) is 0.278. The Hall–Kier alpha value is -1.95. The SMILES string of the molecule is Cl.NC(=O)c1cccc(CN2CCNCC2c2cccc(F)c2)c1. The minimum atomic E-state index is -0.422. The summed E-state index contributed by atoms with van der Waals surface area (Å²) in [6.45, 7) is 3.23. The molecular formula is C18H21ClFN3O. The van der Waals surface area contributed by atoms with Gasteiger partial charge in [-0.15, -0.1) is 12.4 Å². The van der Waals surface area contributed by atoms with Gasteiger partial charge < -0.3 is 11.1 Å². The average molecular weight is 350 g/mol. The van der Waals surface area contributed by atoms with Crippen LogP contribution in [0.4, 0.5) is 4.39 Å². The van der Waals surface area contributed by atoms with E-state index in [0.29, 0.717) is 12.1 Å². The molecule has 2 aromatic carbocycles. The van der Waals surface area contributed by atoms with E-state index in [9.17, 15) is 9.18 Å². The predicted octanol–water partition coefficient (Wildman–Crippen LogP) is 2.49. The van der Waals surface area contributed by atoms with Crippen molar-refractivity contribution in [3.63, 3.8) is 0 Å². The molecule has 3 rings (SSSR count). The Morgan fingerprint density at radius 2 is 2.04 bits per heavy atom. The lowest BCUT2D eigenvalue weighted by molar-refractivity contribution is 0.1000. The van der Waals surface area contributed by atoms with Gasteiger partial charge in [0, 0.05) is 37.8 Å². The van der Waals surface area contributed by atoms with E-state index in [1.165, 1.54) is 6.07 Å². The van der Waals surface area contributed by atoms with Gasteiger partial charge in [0.15, 0.2) is 0 Å². The second-order valence-electron chi connectivity index (χ2n) is 5.81. The Labute approximate surface area is 147 Å². The molecule has 0 spiro atoms. The lowest BCUT2D eigenvalue weighted by atomic mass is 10.0. The highest BCUT2D eigenvalue weighted by Crippen LogP contribution is 2.25. The summed E-state index contributed by atoms with van der Waals surface area (Å²) in [5.41, 5.74) is 7.85. The Balaban J connectivity index is 0.00000208. The van der Waals surface area contributed by atoms with Crippen LogP contribution in [-0.2, 0) is 6.54 Å². The number of hydrogen-bond acceptors (Lipinski definition) is 3. The van der Waals surface area contributed by atoms with Crippen molar-refractivity contribution in [1.29, 1.82) is 0 Å².